The first-order valence-electron chi connectivity index (χ1n) is 8.05. The number of Topliss-reactive ketones (excluding diaryl/α,β-unsaturated/α-hetero) is 1. The summed E-state index contributed by atoms with van der Waals surface area (Å²) in [4.78, 5) is 26.3. The fourth-order valence-corrected chi connectivity index (χ4v) is 4.01. The Labute approximate surface area is 130 Å². The average molecular weight is 301 g/mol. The number of benzene rings is 1. The van der Waals surface area contributed by atoms with Crippen molar-refractivity contribution in [2.24, 2.45) is 11.8 Å². The number of nitrogens with zero attached hydrogens (tertiary/aromatic N) is 1. The third-order valence-electron chi connectivity index (χ3n) is 5.00. The van der Waals surface area contributed by atoms with Gasteiger partial charge in [-0.25, -0.2) is 5.84 Å². The third-order valence-corrected chi connectivity index (χ3v) is 5.00. The van der Waals surface area contributed by atoms with Crippen LogP contribution >= 0.6 is 0 Å². The summed E-state index contributed by atoms with van der Waals surface area (Å²) >= 11 is 0. The Morgan fingerprint density at radius 2 is 2.05 bits per heavy atom. The molecule has 0 aromatic heterocycles. The van der Waals surface area contributed by atoms with E-state index in [-0.39, 0.29) is 17.9 Å². The van der Waals surface area contributed by atoms with Gasteiger partial charge in [-0.1, -0.05) is 19.1 Å². The SMILES string of the molecule is CCCN1C2CCC(C(=O)C2)C1c1ccc(C(=O)NN)cc1. The minimum Gasteiger partial charge on any atom is -0.299 e. The maximum atomic E-state index is 12.3. The zero-order valence-electron chi connectivity index (χ0n) is 12.9. The van der Waals surface area contributed by atoms with Crippen molar-refractivity contribution < 1.29 is 9.59 Å². The predicted octanol–water partition coefficient (Wildman–Crippen LogP) is 1.79. The van der Waals surface area contributed by atoms with Crippen LogP contribution in [0.5, 0.6) is 0 Å². The molecule has 4 rings (SSSR count). The van der Waals surface area contributed by atoms with Gasteiger partial charge in [0.15, 0.2) is 0 Å². The number of hydrazine groups is 1. The molecule has 2 saturated heterocycles. The van der Waals surface area contributed by atoms with Crippen LogP contribution in [0.15, 0.2) is 24.3 Å². The Hall–Kier alpha value is -1.72. The smallest absolute Gasteiger partial charge is 0.265 e. The van der Waals surface area contributed by atoms with Crippen LogP contribution in [0.2, 0.25) is 0 Å². The first-order chi connectivity index (χ1) is 10.7. The Balaban J connectivity index is 1.90. The van der Waals surface area contributed by atoms with E-state index in [9.17, 15) is 9.59 Å². The molecule has 3 aliphatic rings. The Bertz CT molecular complexity index is 570. The van der Waals surface area contributed by atoms with E-state index in [2.05, 4.69) is 17.2 Å². The first-order valence-corrected chi connectivity index (χ1v) is 8.05. The minimum absolute atomic E-state index is 0.103. The fourth-order valence-electron chi connectivity index (χ4n) is 4.01. The lowest BCUT2D eigenvalue weighted by molar-refractivity contribution is -0.138. The van der Waals surface area contributed by atoms with Gasteiger partial charge in [-0.2, -0.15) is 0 Å². The molecule has 3 N–H and O–H groups in total. The number of fused-ring (bicyclic) bond motifs is 3. The Morgan fingerprint density at radius 3 is 2.64 bits per heavy atom. The zero-order valence-corrected chi connectivity index (χ0v) is 12.9. The van der Waals surface area contributed by atoms with Gasteiger partial charge in [0.1, 0.15) is 5.78 Å². The fraction of sp³-hybridized carbons (Fsp3) is 0.529. The molecule has 3 unspecified atom stereocenters. The van der Waals surface area contributed by atoms with Crippen molar-refractivity contribution in [1.82, 2.24) is 10.3 Å². The third kappa shape index (κ3) is 2.55. The largest absolute Gasteiger partial charge is 0.299 e. The van der Waals surface area contributed by atoms with E-state index in [0.29, 0.717) is 23.8 Å². The van der Waals surface area contributed by atoms with E-state index in [4.69, 9.17) is 5.84 Å². The summed E-state index contributed by atoms with van der Waals surface area (Å²) in [5, 5.41) is 0. The van der Waals surface area contributed by atoms with E-state index in [1.807, 2.05) is 12.1 Å². The number of amides is 1. The van der Waals surface area contributed by atoms with E-state index < -0.39 is 0 Å². The molecule has 3 fully saturated rings. The minimum atomic E-state index is -0.293. The van der Waals surface area contributed by atoms with Gasteiger partial charge in [-0.15, -0.1) is 0 Å². The summed E-state index contributed by atoms with van der Waals surface area (Å²) in [6.45, 7) is 3.19. The molecule has 1 saturated carbocycles. The molecule has 0 radical (unpaired) electrons. The number of nitrogens with one attached hydrogen (secondary N) is 1. The standard InChI is InChI=1S/C17H23N3O2/c1-2-9-20-13-7-8-14(15(21)10-13)16(20)11-3-5-12(6-4-11)17(22)19-18/h3-6,13-14,16H,2,7-10,18H2,1H3,(H,19,22). The quantitative estimate of drug-likeness (QED) is 0.505. The normalized spacial score (nSPS) is 27.9. The van der Waals surface area contributed by atoms with Crippen LogP contribution < -0.4 is 11.3 Å². The highest BCUT2D eigenvalue weighted by atomic mass is 16.2. The average Bonchev–Trinajstić information content (AvgIpc) is 2.55. The van der Waals surface area contributed by atoms with E-state index in [0.717, 1.165) is 31.4 Å². The number of nitrogen functional groups attached to an aromatic ring is 1. The molecule has 1 aromatic rings. The molecule has 1 aliphatic carbocycles. The molecular formula is C17H23N3O2. The van der Waals surface area contributed by atoms with Crippen LogP contribution in [0.1, 0.15) is 54.6 Å². The Kier molecular flexibility index (Phi) is 4.27. The molecular weight excluding hydrogens is 278 g/mol. The lowest BCUT2D eigenvalue weighted by Crippen LogP contribution is -2.54. The number of carbonyl (C=O) groups excluding carboxylic acids is 2. The number of piperidine rings is 2. The second kappa shape index (κ2) is 6.18. The molecule has 118 valence electrons. The highest BCUT2D eigenvalue weighted by Crippen LogP contribution is 2.45. The number of nitrogens with two attached hydrogens (primary N) is 1. The van der Waals surface area contributed by atoms with Crippen molar-refractivity contribution in [2.75, 3.05) is 6.54 Å². The lowest BCUT2D eigenvalue weighted by atomic mass is 9.71. The molecule has 3 atom stereocenters. The van der Waals surface area contributed by atoms with Crippen LogP contribution in [0, 0.1) is 5.92 Å². The van der Waals surface area contributed by atoms with Crippen LogP contribution in [-0.2, 0) is 4.79 Å². The van der Waals surface area contributed by atoms with E-state index in [1.165, 1.54) is 0 Å². The summed E-state index contributed by atoms with van der Waals surface area (Å²) in [5.41, 5.74) is 3.81. The van der Waals surface area contributed by atoms with Gasteiger partial charge < -0.3 is 0 Å². The molecule has 2 heterocycles. The van der Waals surface area contributed by atoms with Crippen molar-refractivity contribution in [3.05, 3.63) is 35.4 Å². The lowest BCUT2D eigenvalue weighted by Gasteiger charge is -2.50. The molecule has 5 heteroatoms. The highest BCUT2D eigenvalue weighted by Gasteiger charge is 2.46. The van der Waals surface area contributed by atoms with Crippen molar-refractivity contribution in [3.8, 4) is 0 Å². The Morgan fingerprint density at radius 1 is 1.32 bits per heavy atom. The van der Waals surface area contributed by atoms with Crippen LogP contribution in [-0.4, -0.2) is 29.2 Å². The van der Waals surface area contributed by atoms with Crippen LogP contribution in [0.3, 0.4) is 0 Å². The molecule has 2 bridgehead atoms. The maximum absolute atomic E-state index is 12.3. The van der Waals surface area contributed by atoms with Crippen molar-refractivity contribution in [2.45, 2.75) is 44.7 Å². The van der Waals surface area contributed by atoms with Crippen LogP contribution in [0.25, 0.3) is 0 Å². The maximum Gasteiger partial charge on any atom is 0.265 e. The van der Waals surface area contributed by atoms with Gasteiger partial charge in [0.2, 0.25) is 0 Å². The summed E-state index contributed by atoms with van der Waals surface area (Å²) in [6, 6.07) is 8.05. The number of hydrogen-bond acceptors (Lipinski definition) is 4. The first kappa shape index (κ1) is 15.2. The predicted molar refractivity (Wildman–Crippen MR) is 84.0 cm³/mol. The molecule has 0 spiro atoms. The van der Waals surface area contributed by atoms with E-state index >= 15 is 0 Å². The molecule has 5 nitrogen and oxygen atoms in total. The summed E-state index contributed by atoms with van der Waals surface area (Å²) in [5.74, 6) is 5.37. The summed E-state index contributed by atoms with van der Waals surface area (Å²) in [7, 11) is 0. The monoisotopic (exact) mass is 301 g/mol. The molecule has 22 heavy (non-hydrogen) atoms. The van der Waals surface area contributed by atoms with Crippen LogP contribution in [0.4, 0.5) is 0 Å². The van der Waals surface area contributed by atoms with E-state index in [1.54, 1.807) is 12.1 Å². The van der Waals surface area contributed by atoms with Crippen molar-refractivity contribution in [3.63, 3.8) is 0 Å². The number of carbonyl (C=O) groups is 2. The molecule has 1 aromatic carbocycles. The number of rotatable bonds is 4. The number of ketones is 1. The van der Waals surface area contributed by atoms with Gasteiger partial charge in [0.05, 0.1) is 0 Å². The topological polar surface area (TPSA) is 75.4 Å². The van der Waals surface area contributed by atoms with Crippen molar-refractivity contribution >= 4 is 11.7 Å². The van der Waals surface area contributed by atoms with Crippen molar-refractivity contribution in [1.29, 1.82) is 0 Å². The van der Waals surface area contributed by atoms with Gasteiger partial charge in [-0.3, -0.25) is 19.9 Å². The second-order valence-electron chi connectivity index (χ2n) is 6.29. The van der Waals surface area contributed by atoms with Gasteiger partial charge >= 0.3 is 0 Å². The summed E-state index contributed by atoms with van der Waals surface area (Å²) < 4.78 is 0. The second-order valence-corrected chi connectivity index (χ2v) is 6.29. The number of hydrogen-bond donors (Lipinski definition) is 2. The zero-order chi connectivity index (χ0) is 15.7. The summed E-state index contributed by atoms with van der Waals surface area (Å²) in [6.07, 6.45) is 3.90. The van der Waals surface area contributed by atoms with Gasteiger partial charge in [0, 0.05) is 30.0 Å². The van der Waals surface area contributed by atoms with Gasteiger partial charge in [0.25, 0.3) is 5.91 Å². The van der Waals surface area contributed by atoms with Gasteiger partial charge in [-0.05, 0) is 43.5 Å². The molecule has 2 aliphatic heterocycles. The highest BCUT2D eigenvalue weighted by molar-refractivity contribution is 5.93. The molecule has 1 amide bonds.